The highest BCUT2D eigenvalue weighted by atomic mass is 32.2. The van der Waals surface area contributed by atoms with Crippen molar-refractivity contribution in [2.24, 2.45) is 0 Å². The molecule has 2 rings (SSSR count). The first-order valence-corrected chi connectivity index (χ1v) is 4.40. The molecule has 0 aliphatic carbocycles. The van der Waals surface area contributed by atoms with E-state index in [2.05, 4.69) is 0 Å². The van der Waals surface area contributed by atoms with Crippen LogP contribution in [-0.2, 0) is 9.59 Å². The van der Waals surface area contributed by atoms with Crippen molar-refractivity contribution < 1.29 is 31.1 Å². The van der Waals surface area contributed by atoms with Crippen LogP contribution >= 0.6 is 11.8 Å². The quantitative estimate of drug-likeness (QED) is 0.483. The van der Waals surface area contributed by atoms with Gasteiger partial charge in [0.25, 0.3) is 0 Å². The van der Waals surface area contributed by atoms with Gasteiger partial charge in [0.15, 0.2) is 0 Å². The Morgan fingerprint density at radius 1 is 1.43 bits per heavy atom. The Balaban J connectivity index is 0. The molecule has 2 fully saturated rings. The highest BCUT2D eigenvalue weighted by Crippen LogP contribution is 2.38. The van der Waals surface area contributed by atoms with Gasteiger partial charge >= 0.3 is 5.97 Å². The molecule has 7 N–H and O–H groups in total. The van der Waals surface area contributed by atoms with Gasteiger partial charge in [0.2, 0.25) is 5.91 Å². The molecule has 2 aliphatic heterocycles. The maximum absolute atomic E-state index is 10.9. The second-order valence-corrected chi connectivity index (χ2v) is 3.86. The molecule has 1 amide bonds. The topological polar surface area (TPSA) is 152 Å². The van der Waals surface area contributed by atoms with Gasteiger partial charge in [-0.25, -0.2) is 4.79 Å². The van der Waals surface area contributed by atoms with E-state index < -0.39 is 12.0 Å². The SMILES string of the molecule is O.O.O.O=C(O)C1CSC2CC(=O)N21. The number of nitrogens with zero attached hydrogens (tertiary/aromatic N) is 1. The Kier molecular flexibility index (Phi) is 5.75. The lowest BCUT2D eigenvalue weighted by molar-refractivity contribution is -0.155. The van der Waals surface area contributed by atoms with E-state index in [1.54, 1.807) is 11.8 Å². The molecule has 84 valence electrons. The van der Waals surface area contributed by atoms with Crippen molar-refractivity contribution in [1.29, 1.82) is 0 Å². The van der Waals surface area contributed by atoms with Gasteiger partial charge in [-0.1, -0.05) is 0 Å². The lowest BCUT2D eigenvalue weighted by Gasteiger charge is -2.35. The molecular weight excluding hydrogens is 214 g/mol. The van der Waals surface area contributed by atoms with Crippen LogP contribution in [0.15, 0.2) is 0 Å². The Morgan fingerprint density at radius 3 is 2.36 bits per heavy atom. The Labute approximate surface area is 84.0 Å². The smallest absolute Gasteiger partial charge is 0.327 e. The lowest BCUT2D eigenvalue weighted by Crippen LogP contribution is -2.54. The second-order valence-electron chi connectivity index (χ2n) is 2.65. The molecule has 7 nitrogen and oxygen atoms in total. The number of hydrogen-bond acceptors (Lipinski definition) is 3. The molecular formula is C6H13NO6S. The summed E-state index contributed by atoms with van der Waals surface area (Å²) in [7, 11) is 0. The molecule has 0 aromatic heterocycles. The summed E-state index contributed by atoms with van der Waals surface area (Å²) in [4.78, 5) is 22.9. The van der Waals surface area contributed by atoms with E-state index >= 15 is 0 Å². The molecule has 2 aliphatic rings. The Morgan fingerprint density at radius 2 is 2.00 bits per heavy atom. The third kappa shape index (κ3) is 1.98. The zero-order chi connectivity index (χ0) is 8.01. The number of carboxylic acids is 1. The number of carbonyl (C=O) groups excluding carboxylic acids is 1. The molecule has 0 saturated carbocycles. The minimum Gasteiger partial charge on any atom is -0.480 e. The summed E-state index contributed by atoms with van der Waals surface area (Å²) < 4.78 is 0. The third-order valence-corrected chi connectivity index (χ3v) is 3.30. The molecule has 8 heteroatoms. The molecule has 0 aromatic rings. The van der Waals surface area contributed by atoms with E-state index in [1.165, 1.54) is 4.90 Å². The summed E-state index contributed by atoms with van der Waals surface area (Å²) in [5.74, 6) is -0.355. The highest BCUT2D eigenvalue weighted by molar-refractivity contribution is 8.00. The van der Waals surface area contributed by atoms with Gasteiger partial charge in [-0.05, 0) is 0 Å². The fourth-order valence-electron chi connectivity index (χ4n) is 1.39. The molecule has 14 heavy (non-hydrogen) atoms. The highest BCUT2D eigenvalue weighted by Gasteiger charge is 2.49. The Bertz CT molecular complexity index is 226. The summed E-state index contributed by atoms with van der Waals surface area (Å²) in [6.07, 6.45) is 0.522. The number of aliphatic carboxylic acids is 1. The van der Waals surface area contributed by atoms with Crippen molar-refractivity contribution in [1.82, 2.24) is 4.90 Å². The summed E-state index contributed by atoms with van der Waals surface area (Å²) in [6.45, 7) is 0. The zero-order valence-electron chi connectivity index (χ0n) is 7.19. The standard InChI is InChI=1S/C6H7NO3S.3H2O/c8-4-1-5-7(4)3(2-11-5)6(9)10;;;/h3,5H,1-2H2,(H,9,10);3*1H2. The van der Waals surface area contributed by atoms with Crippen LogP contribution in [0.4, 0.5) is 0 Å². The molecule has 2 heterocycles. The van der Waals surface area contributed by atoms with Crippen LogP contribution in [0.25, 0.3) is 0 Å². The van der Waals surface area contributed by atoms with Gasteiger partial charge in [0.05, 0.1) is 11.8 Å². The molecule has 0 spiro atoms. The minimum atomic E-state index is -0.881. The Hall–Kier alpha value is -0.830. The number of carbonyl (C=O) groups is 2. The fraction of sp³-hybridized carbons (Fsp3) is 0.667. The van der Waals surface area contributed by atoms with Crippen molar-refractivity contribution in [3.8, 4) is 0 Å². The largest absolute Gasteiger partial charge is 0.480 e. The van der Waals surface area contributed by atoms with Gasteiger partial charge in [0, 0.05) is 5.75 Å². The summed E-state index contributed by atoms with van der Waals surface area (Å²) in [6, 6.07) is -0.564. The number of rotatable bonds is 1. The first-order chi connectivity index (χ1) is 5.20. The van der Waals surface area contributed by atoms with Crippen LogP contribution in [0, 0.1) is 0 Å². The average Bonchev–Trinajstić information content (AvgIpc) is 2.25. The van der Waals surface area contributed by atoms with E-state index in [9.17, 15) is 9.59 Å². The monoisotopic (exact) mass is 227 g/mol. The van der Waals surface area contributed by atoms with Crippen LogP contribution in [0.5, 0.6) is 0 Å². The number of carboxylic acid groups (broad SMARTS) is 1. The van der Waals surface area contributed by atoms with Crippen molar-refractivity contribution >= 4 is 23.6 Å². The van der Waals surface area contributed by atoms with Crippen molar-refractivity contribution in [2.45, 2.75) is 17.8 Å². The second kappa shape index (κ2) is 5.15. The summed E-state index contributed by atoms with van der Waals surface area (Å²) >= 11 is 1.56. The first-order valence-electron chi connectivity index (χ1n) is 3.35. The fourth-order valence-corrected chi connectivity index (χ4v) is 2.78. The average molecular weight is 227 g/mol. The molecule has 0 aromatic carbocycles. The maximum Gasteiger partial charge on any atom is 0.327 e. The molecule has 2 saturated heterocycles. The lowest BCUT2D eigenvalue weighted by atomic mass is 10.1. The predicted octanol–water partition coefficient (Wildman–Crippen LogP) is -2.73. The van der Waals surface area contributed by atoms with Crippen LogP contribution in [0.2, 0.25) is 0 Å². The van der Waals surface area contributed by atoms with Gasteiger partial charge in [-0.3, -0.25) is 4.79 Å². The molecule has 0 radical (unpaired) electrons. The number of amides is 1. The predicted molar refractivity (Wildman–Crippen MR) is 50.0 cm³/mol. The number of fused-ring (bicyclic) bond motifs is 1. The van der Waals surface area contributed by atoms with Gasteiger partial charge < -0.3 is 26.4 Å². The normalized spacial score (nSPS) is 27.4. The van der Waals surface area contributed by atoms with Crippen LogP contribution in [-0.4, -0.2) is 55.5 Å². The minimum absolute atomic E-state index is 0. The van der Waals surface area contributed by atoms with Crippen molar-refractivity contribution in [3.05, 3.63) is 0 Å². The third-order valence-electron chi connectivity index (χ3n) is 2.01. The number of hydrogen-bond donors (Lipinski definition) is 1. The van der Waals surface area contributed by atoms with Crippen molar-refractivity contribution in [3.63, 3.8) is 0 Å². The van der Waals surface area contributed by atoms with E-state index in [-0.39, 0.29) is 27.7 Å². The van der Waals surface area contributed by atoms with Crippen LogP contribution in [0.1, 0.15) is 6.42 Å². The van der Waals surface area contributed by atoms with E-state index in [0.717, 1.165) is 0 Å². The summed E-state index contributed by atoms with van der Waals surface area (Å²) in [5.41, 5.74) is 0. The number of thioether (sulfide) groups is 1. The van der Waals surface area contributed by atoms with Crippen molar-refractivity contribution in [2.75, 3.05) is 5.75 Å². The maximum atomic E-state index is 10.9. The van der Waals surface area contributed by atoms with Gasteiger partial charge in [0.1, 0.15) is 6.04 Å². The van der Waals surface area contributed by atoms with Gasteiger partial charge in [-0.15, -0.1) is 11.8 Å². The van der Waals surface area contributed by atoms with E-state index in [1.807, 2.05) is 0 Å². The molecule has 2 atom stereocenters. The van der Waals surface area contributed by atoms with Crippen LogP contribution in [0.3, 0.4) is 0 Å². The first kappa shape index (κ1) is 15.6. The van der Waals surface area contributed by atoms with E-state index in [4.69, 9.17) is 5.11 Å². The molecule has 0 bridgehead atoms. The van der Waals surface area contributed by atoms with Crippen LogP contribution < -0.4 is 0 Å². The molecule has 2 unspecified atom stereocenters. The summed E-state index contributed by atoms with van der Waals surface area (Å²) in [5, 5.41) is 8.80. The zero-order valence-corrected chi connectivity index (χ0v) is 8.00. The van der Waals surface area contributed by atoms with Gasteiger partial charge in [-0.2, -0.15) is 0 Å². The number of β-lactam (4-membered cyclic amide) rings is 1. The van der Waals surface area contributed by atoms with E-state index in [0.29, 0.717) is 12.2 Å².